The highest BCUT2D eigenvalue weighted by Gasteiger charge is 2.34. The SMILES string of the molecule is COc1ccc(-c2cnc(C(=O)Nc3ccc(C(=O)CNC4CN(C(=O)C[N+](C)(C)CC(N)=O)C4)c(Cl)c3)n2C)c(F)c1F. The van der Waals surface area contributed by atoms with Gasteiger partial charge in [-0.2, -0.15) is 4.39 Å². The van der Waals surface area contributed by atoms with Crippen LogP contribution in [-0.4, -0.2) is 102 Å². The number of nitrogens with zero attached hydrogens (tertiary/aromatic N) is 4. The van der Waals surface area contributed by atoms with E-state index in [4.69, 9.17) is 22.1 Å². The number of amides is 3. The monoisotopic (exact) mass is 632 g/mol. The predicted molar refractivity (Wildman–Crippen MR) is 158 cm³/mol. The molecule has 1 aliphatic rings. The Balaban J connectivity index is 1.31. The Labute approximate surface area is 257 Å². The minimum atomic E-state index is -1.15. The molecule has 0 radical (unpaired) electrons. The molecule has 0 saturated carbocycles. The van der Waals surface area contributed by atoms with Crippen LogP contribution in [-0.2, 0) is 16.6 Å². The number of carbonyl (C=O) groups excluding carboxylic acids is 4. The summed E-state index contributed by atoms with van der Waals surface area (Å²) in [6.07, 6.45) is 1.25. The number of likely N-dealkylation sites (tertiary alicyclic amines) is 1. The second-order valence-corrected chi connectivity index (χ2v) is 11.5. The highest BCUT2D eigenvalue weighted by atomic mass is 35.5. The number of hydrogen-bond donors (Lipinski definition) is 3. The molecule has 0 spiro atoms. The molecule has 1 aliphatic heterocycles. The fraction of sp³-hybridized carbons (Fsp3) is 0.345. The normalized spacial score (nSPS) is 13.4. The van der Waals surface area contributed by atoms with Gasteiger partial charge in [-0.15, -0.1) is 0 Å². The number of ether oxygens (including phenoxy) is 1. The number of imidazole rings is 1. The molecule has 15 heteroatoms. The van der Waals surface area contributed by atoms with Crippen LogP contribution in [0, 0.1) is 11.6 Å². The van der Waals surface area contributed by atoms with E-state index >= 15 is 0 Å². The predicted octanol–water partition coefficient (Wildman–Crippen LogP) is 1.82. The van der Waals surface area contributed by atoms with Crippen molar-refractivity contribution in [3.05, 3.63) is 64.6 Å². The van der Waals surface area contributed by atoms with Crippen molar-refractivity contribution < 1.29 is 37.2 Å². The first-order valence-corrected chi connectivity index (χ1v) is 13.9. The minimum absolute atomic E-state index is 0.0140. The number of halogens is 3. The second kappa shape index (κ2) is 13.1. The number of hydrogen-bond acceptors (Lipinski definition) is 7. The van der Waals surface area contributed by atoms with Crippen LogP contribution in [0.15, 0.2) is 36.5 Å². The van der Waals surface area contributed by atoms with Crippen molar-refractivity contribution in [3.8, 4) is 17.0 Å². The fourth-order valence-electron chi connectivity index (χ4n) is 4.85. The molecule has 0 unspecified atom stereocenters. The lowest BCUT2D eigenvalue weighted by atomic mass is 10.1. The van der Waals surface area contributed by atoms with E-state index in [0.29, 0.717) is 18.8 Å². The van der Waals surface area contributed by atoms with Crippen LogP contribution < -0.4 is 21.1 Å². The van der Waals surface area contributed by atoms with Gasteiger partial charge in [0, 0.05) is 43.0 Å². The maximum absolute atomic E-state index is 14.6. The Hall–Kier alpha value is -4.40. The third-order valence-electron chi connectivity index (χ3n) is 7.19. The molecule has 234 valence electrons. The van der Waals surface area contributed by atoms with Gasteiger partial charge in [0.05, 0.1) is 44.7 Å². The average Bonchev–Trinajstić information content (AvgIpc) is 3.29. The summed E-state index contributed by atoms with van der Waals surface area (Å²) in [6.45, 7) is 1.03. The van der Waals surface area contributed by atoms with Crippen molar-refractivity contribution in [1.29, 1.82) is 0 Å². The molecule has 0 aliphatic carbocycles. The molecule has 4 N–H and O–H groups in total. The van der Waals surface area contributed by atoms with E-state index in [1.165, 1.54) is 55.3 Å². The standard InChI is InChI=1S/C29H32ClF2N7O5/c1-37-21(19-7-8-23(44-4)27(32)26(19)31)10-35-28(37)29(43)36-16-5-6-18(20(30)9-16)22(40)11-34-17-12-38(13-17)25(42)15-39(2,3)14-24(33)41/h5-10,17,34H,11-15H2,1-4H3,(H2-,33,36,40,41,43)/p+1. The van der Waals surface area contributed by atoms with Gasteiger partial charge in [0.25, 0.3) is 17.7 Å². The maximum Gasteiger partial charge on any atom is 0.291 e. The molecule has 0 bridgehead atoms. The van der Waals surface area contributed by atoms with Gasteiger partial charge in [0.15, 0.2) is 36.3 Å². The van der Waals surface area contributed by atoms with Crippen molar-refractivity contribution in [3.63, 3.8) is 0 Å². The quantitative estimate of drug-likeness (QED) is 0.204. The molecule has 3 aromatic rings. The lowest BCUT2D eigenvalue weighted by molar-refractivity contribution is -0.874. The van der Waals surface area contributed by atoms with E-state index in [9.17, 15) is 28.0 Å². The zero-order valence-corrected chi connectivity index (χ0v) is 25.4. The highest BCUT2D eigenvalue weighted by Crippen LogP contribution is 2.30. The zero-order valence-electron chi connectivity index (χ0n) is 24.6. The Morgan fingerprint density at radius 2 is 1.82 bits per heavy atom. The van der Waals surface area contributed by atoms with Crippen LogP contribution >= 0.6 is 11.6 Å². The number of nitrogens with one attached hydrogen (secondary N) is 2. The molecule has 2 aromatic carbocycles. The number of methoxy groups -OCH3 is 1. The van der Waals surface area contributed by atoms with Crippen molar-refractivity contribution in [2.75, 3.05) is 59.2 Å². The van der Waals surface area contributed by atoms with E-state index in [0.717, 1.165) is 0 Å². The van der Waals surface area contributed by atoms with Gasteiger partial charge in [-0.1, -0.05) is 11.6 Å². The van der Waals surface area contributed by atoms with Gasteiger partial charge in [-0.25, -0.2) is 9.37 Å². The summed E-state index contributed by atoms with van der Waals surface area (Å²) in [6, 6.07) is 6.95. The first-order chi connectivity index (χ1) is 20.7. The molecule has 44 heavy (non-hydrogen) atoms. The summed E-state index contributed by atoms with van der Waals surface area (Å²) in [5.74, 6) is -4.11. The van der Waals surface area contributed by atoms with Gasteiger partial charge in [-0.05, 0) is 30.3 Å². The first-order valence-electron chi connectivity index (χ1n) is 13.5. The number of benzene rings is 2. The van der Waals surface area contributed by atoms with Gasteiger partial charge in [0.1, 0.15) is 0 Å². The van der Waals surface area contributed by atoms with Crippen LogP contribution in [0.25, 0.3) is 11.3 Å². The summed E-state index contributed by atoms with van der Waals surface area (Å²) in [4.78, 5) is 55.1. The van der Waals surface area contributed by atoms with Crippen LogP contribution in [0.1, 0.15) is 21.0 Å². The largest absolute Gasteiger partial charge is 0.494 e. The van der Waals surface area contributed by atoms with Crippen molar-refractivity contribution in [2.24, 2.45) is 12.8 Å². The third-order valence-corrected chi connectivity index (χ3v) is 7.51. The van der Waals surface area contributed by atoms with E-state index in [-0.39, 0.29) is 75.3 Å². The molecule has 3 amide bonds. The zero-order chi connectivity index (χ0) is 32.3. The number of anilines is 1. The number of carbonyl (C=O) groups is 4. The Morgan fingerprint density at radius 1 is 1.11 bits per heavy atom. The van der Waals surface area contributed by atoms with Crippen LogP contribution in [0.5, 0.6) is 5.75 Å². The Morgan fingerprint density at radius 3 is 2.45 bits per heavy atom. The maximum atomic E-state index is 14.6. The molecule has 4 rings (SSSR count). The van der Waals surface area contributed by atoms with Gasteiger partial charge in [-0.3, -0.25) is 19.2 Å². The number of rotatable bonds is 12. The van der Waals surface area contributed by atoms with E-state index < -0.39 is 23.4 Å². The van der Waals surface area contributed by atoms with Crippen LogP contribution in [0.3, 0.4) is 0 Å². The molecule has 1 saturated heterocycles. The molecule has 0 atom stereocenters. The lowest BCUT2D eigenvalue weighted by Crippen LogP contribution is -2.63. The van der Waals surface area contributed by atoms with Crippen LogP contribution in [0.4, 0.5) is 14.5 Å². The number of nitrogens with two attached hydrogens (primary N) is 1. The number of ketones is 1. The summed E-state index contributed by atoms with van der Waals surface area (Å²) in [5, 5.41) is 5.87. The van der Waals surface area contributed by atoms with Crippen LogP contribution in [0.2, 0.25) is 5.02 Å². The smallest absolute Gasteiger partial charge is 0.291 e. The van der Waals surface area contributed by atoms with Crippen molar-refractivity contribution in [2.45, 2.75) is 6.04 Å². The molecular weight excluding hydrogens is 600 g/mol. The van der Waals surface area contributed by atoms with Crippen molar-refractivity contribution in [1.82, 2.24) is 19.8 Å². The summed E-state index contributed by atoms with van der Waals surface area (Å²) in [5.41, 5.74) is 5.85. The van der Waals surface area contributed by atoms with Gasteiger partial charge in [0.2, 0.25) is 5.82 Å². The number of quaternary nitrogens is 1. The number of Topliss-reactive ketones (excluding diaryl/α,β-unsaturated/α-hetero) is 1. The summed E-state index contributed by atoms with van der Waals surface area (Å²) >= 11 is 6.36. The topological polar surface area (TPSA) is 149 Å². The second-order valence-electron chi connectivity index (χ2n) is 11.1. The highest BCUT2D eigenvalue weighted by molar-refractivity contribution is 6.34. The molecule has 12 nitrogen and oxygen atoms in total. The molecule has 2 heterocycles. The number of primary amides is 1. The lowest BCUT2D eigenvalue weighted by Gasteiger charge is -2.41. The third kappa shape index (κ3) is 7.21. The van der Waals surface area contributed by atoms with Gasteiger partial charge < -0.3 is 35.1 Å². The molecule has 1 aromatic heterocycles. The molecular formula is C29H33ClF2N7O5+. The molecule has 1 fully saturated rings. The Kier molecular flexibility index (Phi) is 9.66. The van der Waals surface area contributed by atoms with E-state index in [2.05, 4.69) is 15.6 Å². The summed E-state index contributed by atoms with van der Waals surface area (Å²) in [7, 11) is 6.21. The van der Waals surface area contributed by atoms with E-state index in [1.807, 2.05) is 0 Å². The average molecular weight is 633 g/mol. The first kappa shape index (κ1) is 32.5. The summed E-state index contributed by atoms with van der Waals surface area (Å²) < 4.78 is 35.1. The van der Waals surface area contributed by atoms with Crippen molar-refractivity contribution >= 4 is 40.8 Å². The minimum Gasteiger partial charge on any atom is -0.494 e. The number of aromatic nitrogens is 2. The van der Waals surface area contributed by atoms with Gasteiger partial charge >= 0.3 is 0 Å². The van der Waals surface area contributed by atoms with E-state index in [1.54, 1.807) is 19.0 Å². The number of likely N-dealkylation sites (N-methyl/N-ethyl adjacent to an activating group) is 1. The Bertz CT molecular complexity index is 1620. The fourth-order valence-corrected chi connectivity index (χ4v) is 5.14.